The largest absolute Gasteiger partial charge is 0.382 e. The van der Waals surface area contributed by atoms with Gasteiger partial charge in [0.05, 0.1) is 27.5 Å². The highest BCUT2D eigenvalue weighted by atomic mass is 32.1. The molecule has 0 amide bonds. The summed E-state index contributed by atoms with van der Waals surface area (Å²) < 4.78 is 14.5. The molecule has 0 radical (unpaired) electrons. The second kappa shape index (κ2) is 4.82. The topological polar surface area (TPSA) is 99.4 Å². The number of nitriles is 2. The Kier molecular flexibility index (Phi) is 2.98. The minimum absolute atomic E-state index is 0.115. The number of halogens is 1. The van der Waals surface area contributed by atoms with Gasteiger partial charge in [0.2, 0.25) is 0 Å². The van der Waals surface area contributed by atoms with Crippen molar-refractivity contribution in [3.8, 4) is 22.7 Å². The van der Waals surface area contributed by atoms with E-state index in [2.05, 4.69) is 9.97 Å². The number of pyridine rings is 1. The van der Waals surface area contributed by atoms with Crippen LogP contribution in [-0.2, 0) is 0 Å². The maximum atomic E-state index is 14.0. The highest BCUT2D eigenvalue weighted by Gasteiger charge is 2.18. The lowest BCUT2D eigenvalue weighted by atomic mass is 10.1. The molecule has 1 aromatic carbocycles. The van der Waals surface area contributed by atoms with E-state index in [0.29, 0.717) is 15.2 Å². The molecule has 0 unspecified atom stereocenters. The molecule has 0 atom stereocenters. The average molecular weight is 295 g/mol. The SMILES string of the molecule is N#Cc1cccc(F)c1-c1nc2c(C#N)cnc(N)c2s1. The first kappa shape index (κ1) is 13.0. The molecule has 3 rings (SSSR count). The Morgan fingerprint density at radius 1 is 1.19 bits per heavy atom. The van der Waals surface area contributed by atoms with Gasteiger partial charge in [-0.05, 0) is 12.1 Å². The predicted molar refractivity (Wildman–Crippen MR) is 76.7 cm³/mol. The molecule has 7 heteroatoms. The molecule has 21 heavy (non-hydrogen) atoms. The van der Waals surface area contributed by atoms with Crippen LogP contribution >= 0.6 is 11.3 Å². The van der Waals surface area contributed by atoms with E-state index >= 15 is 0 Å². The summed E-state index contributed by atoms with van der Waals surface area (Å²) in [5, 5.41) is 18.5. The van der Waals surface area contributed by atoms with Gasteiger partial charge in [-0.25, -0.2) is 14.4 Å². The van der Waals surface area contributed by atoms with Gasteiger partial charge in [-0.15, -0.1) is 11.3 Å². The molecule has 0 spiro atoms. The Hall–Kier alpha value is -3.03. The van der Waals surface area contributed by atoms with Crippen LogP contribution in [0.2, 0.25) is 0 Å². The Balaban J connectivity index is 2.37. The molecule has 0 saturated carbocycles. The summed E-state index contributed by atoms with van der Waals surface area (Å²) in [5.74, 6) is -0.319. The fourth-order valence-electron chi connectivity index (χ4n) is 1.95. The zero-order chi connectivity index (χ0) is 15.0. The Morgan fingerprint density at radius 3 is 2.67 bits per heavy atom. The van der Waals surface area contributed by atoms with E-state index in [1.165, 1.54) is 24.4 Å². The Bertz CT molecular complexity index is 948. The predicted octanol–water partition coefficient (Wildman–Crippen LogP) is 2.82. The summed E-state index contributed by atoms with van der Waals surface area (Å²) >= 11 is 1.11. The van der Waals surface area contributed by atoms with Gasteiger partial charge in [-0.3, -0.25) is 0 Å². The lowest BCUT2D eigenvalue weighted by molar-refractivity contribution is 0.631. The van der Waals surface area contributed by atoms with Crippen molar-refractivity contribution in [3.63, 3.8) is 0 Å². The highest BCUT2D eigenvalue weighted by molar-refractivity contribution is 7.22. The van der Waals surface area contributed by atoms with Gasteiger partial charge in [-0.1, -0.05) is 6.07 Å². The van der Waals surface area contributed by atoms with Crippen LogP contribution in [0.4, 0.5) is 10.2 Å². The molecule has 0 aliphatic rings. The molecule has 0 saturated heterocycles. The Labute approximate surface area is 122 Å². The van der Waals surface area contributed by atoms with Crippen LogP contribution in [0.25, 0.3) is 20.8 Å². The number of hydrogen-bond donors (Lipinski definition) is 1. The second-order valence-corrected chi connectivity index (χ2v) is 5.14. The van der Waals surface area contributed by atoms with Crippen LogP contribution in [0.15, 0.2) is 24.4 Å². The maximum Gasteiger partial charge on any atom is 0.143 e. The molecule has 2 heterocycles. The molecule has 0 fully saturated rings. The number of rotatable bonds is 1. The summed E-state index contributed by atoms with van der Waals surface area (Å²) in [6.45, 7) is 0. The van der Waals surface area contributed by atoms with E-state index in [9.17, 15) is 4.39 Å². The van der Waals surface area contributed by atoms with Crippen LogP contribution in [0.3, 0.4) is 0 Å². The highest BCUT2D eigenvalue weighted by Crippen LogP contribution is 2.36. The maximum absolute atomic E-state index is 14.0. The van der Waals surface area contributed by atoms with Crippen molar-refractivity contribution >= 4 is 27.4 Å². The molecular weight excluding hydrogens is 289 g/mol. The van der Waals surface area contributed by atoms with E-state index < -0.39 is 5.82 Å². The van der Waals surface area contributed by atoms with Gasteiger partial charge in [0.15, 0.2) is 0 Å². The first-order valence-corrected chi connectivity index (χ1v) is 6.61. The molecule has 3 aromatic rings. The summed E-state index contributed by atoms with van der Waals surface area (Å²) in [4.78, 5) is 8.19. The smallest absolute Gasteiger partial charge is 0.143 e. The lowest BCUT2D eigenvalue weighted by Crippen LogP contribution is -1.91. The van der Waals surface area contributed by atoms with Gasteiger partial charge < -0.3 is 5.73 Å². The monoisotopic (exact) mass is 295 g/mol. The van der Waals surface area contributed by atoms with Gasteiger partial charge in [0.1, 0.15) is 28.2 Å². The van der Waals surface area contributed by atoms with Crippen LogP contribution in [-0.4, -0.2) is 9.97 Å². The summed E-state index contributed by atoms with van der Waals surface area (Å²) in [6.07, 6.45) is 1.33. The van der Waals surface area contributed by atoms with Gasteiger partial charge >= 0.3 is 0 Å². The normalized spacial score (nSPS) is 10.2. The minimum atomic E-state index is -0.543. The standard InChI is InChI=1S/C14H6FN5S/c15-9-3-1-2-7(4-16)10(9)14-20-11-8(5-17)6-19-13(18)12(11)21-14/h1-3,6H,(H2,18,19). The fourth-order valence-corrected chi connectivity index (χ4v) is 3.00. The third-order valence-electron chi connectivity index (χ3n) is 2.92. The number of aromatic nitrogens is 2. The van der Waals surface area contributed by atoms with Crippen molar-refractivity contribution in [1.29, 1.82) is 10.5 Å². The Morgan fingerprint density at radius 2 is 1.95 bits per heavy atom. The number of nitrogens with zero attached hydrogens (tertiary/aromatic N) is 4. The zero-order valence-corrected chi connectivity index (χ0v) is 11.3. The lowest BCUT2D eigenvalue weighted by Gasteiger charge is -2.00. The molecule has 0 aliphatic carbocycles. The number of anilines is 1. The van der Waals surface area contributed by atoms with E-state index in [4.69, 9.17) is 16.3 Å². The van der Waals surface area contributed by atoms with Crippen LogP contribution in [0.1, 0.15) is 11.1 Å². The third-order valence-corrected chi connectivity index (χ3v) is 4.01. The molecule has 2 N–H and O–H groups in total. The molecule has 5 nitrogen and oxygen atoms in total. The first-order valence-electron chi connectivity index (χ1n) is 5.79. The van der Waals surface area contributed by atoms with Crippen molar-refractivity contribution in [2.24, 2.45) is 0 Å². The minimum Gasteiger partial charge on any atom is -0.382 e. The zero-order valence-electron chi connectivity index (χ0n) is 10.5. The van der Waals surface area contributed by atoms with Crippen molar-refractivity contribution in [2.75, 3.05) is 5.73 Å². The third kappa shape index (κ3) is 1.97. The number of nitrogens with two attached hydrogens (primary N) is 1. The molecule has 0 aliphatic heterocycles. The quantitative estimate of drug-likeness (QED) is 0.744. The molecule has 2 aromatic heterocycles. The number of nitrogen functional groups attached to an aromatic ring is 1. The first-order chi connectivity index (χ1) is 10.2. The molecular formula is C14H6FN5S. The van der Waals surface area contributed by atoms with Crippen molar-refractivity contribution in [3.05, 3.63) is 41.3 Å². The van der Waals surface area contributed by atoms with Crippen molar-refractivity contribution in [1.82, 2.24) is 9.97 Å². The van der Waals surface area contributed by atoms with Gasteiger partial charge in [0, 0.05) is 6.20 Å². The molecule has 100 valence electrons. The van der Waals surface area contributed by atoms with E-state index in [1.54, 1.807) is 0 Å². The average Bonchev–Trinajstić information content (AvgIpc) is 2.93. The number of hydrogen-bond acceptors (Lipinski definition) is 6. The molecule has 0 bridgehead atoms. The second-order valence-electron chi connectivity index (χ2n) is 4.14. The number of benzene rings is 1. The van der Waals surface area contributed by atoms with Crippen molar-refractivity contribution in [2.45, 2.75) is 0 Å². The fraction of sp³-hybridized carbons (Fsp3) is 0. The number of fused-ring (bicyclic) bond motifs is 1. The van der Waals surface area contributed by atoms with Gasteiger partial charge in [0.25, 0.3) is 0 Å². The van der Waals surface area contributed by atoms with Gasteiger partial charge in [-0.2, -0.15) is 10.5 Å². The van der Waals surface area contributed by atoms with E-state index in [-0.39, 0.29) is 22.5 Å². The van der Waals surface area contributed by atoms with Crippen LogP contribution < -0.4 is 5.73 Å². The summed E-state index contributed by atoms with van der Waals surface area (Å²) in [5.41, 5.74) is 6.70. The van der Waals surface area contributed by atoms with Crippen LogP contribution in [0, 0.1) is 28.5 Å². The van der Waals surface area contributed by atoms with E-state index in [1.807, 2.05) is 12.1 Å². The summed E-state index contributed by atoms with van der Waals surface area (Å²) in [6, 6.07) is 8.14. The number of thiazole rings is 1. The van der Waals surface area contributed by atoms with E-state index in [0.717, 1.165) is 11.3 Å². The summed E-state index contributed by atoms with van der Waals surface area (Å²) in [7, 11) is 0. The van der Waals surface area contributed by atoms with Crippen LogP contribution in [0.5, 0.6) is 0 Å². The van der Waals surface area contributed by atoms with Crippen molar-refractivity contribution < 1.29 is 4.39 Å².